The van der Waals surface area contributed by atoms with E-state index in [1.165, 1.54) is 39.0 Å². The van der Waals surface area contributed by atoms with Crippen molar-refractivity contribution in [3.63, 3.8) is 0 Å². The van der Waals surface area contributed by atoms with E-state index < -0.39 is 0 Å². The molecule has 0 saturated carbocycles. The zero-order valence-electron chi connectivity index (χ0n) is 16.4. The Morgan fingerprint density at radius 1 is 1.00 bits per heavy atom. The van der Waals surface area contributed by atoms with Crippen molar-refractivity contribution in [3.8, 4) is 0 Å². The van der Waals surface area contributed by atoms with Gasteiger partial charge in [-0.05, 0) is 74.6 Å². The molecule has 0 radical (unpaired) electrons. The Balaban J connectivity index is 2.06. The van der Waals surface area contributed by atoms with E-state index in [-0.39, 0.29) is 0 Å². The molecule has 2 rings (SSSR count). The van der Waals surface area contributed by atoms with Gasteiger partial charge in [0.1, 0.15) is 0 Å². The molecule has 2 aromatic rings. The molecule has 0 heterocycles. The molecule has 0 N–H and O–H groups in total. The predicted octanol–water partition coefficient (Wildman–Crippen LogP) is 6.79. The van der Waals surface area contributed by atoms with Gasteiger partial charge in [-0.15, -0.1) is 0 Å². The largest absolute Gasteiger partial charge is 0.0998 e. The summed E-state index contributed by atoms with van der Waals surface area (Å²) >= 11 is 0. The quantitative estimate of drug-likeness (QED) is 0.467. The number of benzene rings is 2. The summed E-state index contributed by atoms with van der Waals surface area (Å²) in [6.45, 7) is 17.3. The van der Waals surface area contributed by atoms with Crippen LogP contribution >= 0.6 is 0 Å². The lowest BCUT2D eigenvalue weighted by Gasteiger charge is -2.20. The van der Waals surface area contributed by atoms with E-state index in [0.29, 0.717) is 5.92 Å². The first-order valence-electron chi connectivity index (χ1n) is 9.35. The first kappa shape index (κ1) is 19.2. The summed E-state index contributed by atoms with van der Waals surface area (Å²) in [7, 11) is 0. The average Bonchev–Trinajstić information content (AvgIpc) is 2.57. The van der Waals surface area contributed by atoms with E-state index in [1.54, 1.807) is 0 Å². The fourth-order valence-corrected chi connectivity index (χ4v) is 3.36. The van der Waals surface area contributed by atoms with Crippen LogP contribution in [0.4, 0.5) is 0 Å². The zero-order valence-corrected chi connectivity index (χ0v) is 16.4. The molecule has 0 saturated heterocycles. The molecular weight excluding hydrogens is 300 g/mol. The van der Waals surface area contributed by atoms with Crippen molar-refractivity contribution in [3.05, 3.63) is 94.6 Å². The second kappa shape index (κ2) is 8.85. The number of hydrogen-bond acceptors (Lipinski definition) is 0. The van der Waals surface area contributed by atoms with Crippen LogP contribution in [0.3, 0.4) is 0 Å². The van der Waals surface area contributed by atoms with Gasteiger partial charge in [-0.25, -0.2) is 0 Å². The van der Waals surface area contributed by atoms with Gasteiger partial charge in [0.2, 0.25) is 0 Å². The normalized spacial score (nSPS) is 12.0. The summed E-state index contributed by atoms with van der Waals surface area (Å²) in [6.07, 6.45) is 4.12. The maximum Gasteiger partial charge on any atom is -0.00669 e. The Bertz CT molecular complexity index is 748. The Labute approximate surface area is 154 Å². The maximum absolute atomic E-state index is 4.38. The summed E-state index contributed by atoms with van der Waals surface area (Å²) in [4.78, 5) is 0. The molecule has 2 aromatic carbocycles. The summed E-state index contributed by atoms with van der Waals surface area (Å²) in [5.41, 5.74) is 9.45. The third-order valence-electron chi connectivity index (χ3n) is 5.06. The Morgan fingerprint density at radius 2 is 1.72 bits per heavy atom. The van der Waals surface area contributed by atoms with Gasteiger partial charge < -0.3 is 0 Å². The molecule has 1 atom stereocenters. The van der Waals surface area contributed by atoms with E-state index in [4.69, 9.17) is 0 Å². The molecule has 132 valence electrons. The van der Waals surface area contributed by atoms with Crippen LogP contribution in [0.1, 0.15) is 48.1 Å². The fraction of sp³-hybridized carbons (Fsp3) is 0.360. The van der Waals surface area contributed by atoms with Gasteiger partial charge in [0.05, 0.1) is 0 Å². The standard InChI is InChI=1S/C25H32/c1-7-22-9-8-10-23(16-22)17-24(18(2)3)14-20(5)15-25-13-19(4)11-12-21(25)6/h8-13,16,24H,2,5,7,14-15,17H2,1,3-4,6H3. The van der Waals surface area contributed by atoms with Crippen LogP contribution in [0.5, 0.6) is 0 Å². The lowest BCUT2D eigenvalue weighted by Crippen LogP contribution is -2.08. The van der Waals surface area contributed by atoms with Crippen LogP contribution in [0.2, 0.25) is 0 Å². The van der Waals surface area contributed by atoms with Gasteiger partial charge in [0.15, 0.2) is 0 Å². The van der Waals surface area contributed by atoms with Crippen molar-refractivity contribution in [1.29, 1.82) is 0 Å². The van der Waals surface area contributed by atoms with Crippen LogP contribution < -0.4 is 0 Å². The van der Waals surface area contributed by atoms with Gasteiger partial charge in [-0.1, -0.05) is 79.3 Å². The molecule has 0 amide bonds. The molecule has 0 heteroatoms. The lowest BCUT2D eigenvalue weighted by molar-refractivity contribution is 0.598. The number of hydrogen-bond donors (Lipinski definition) is 0. The van der Waals surface area contributed by atoms with Gasteiger partial charge >= 0.3 is 0 Å². The molecule has 0 aromatic heterocycles. The van der Waals surface area contributed by atoms with E-state index in [1.807, 2.05) is 0 Å². The maximum atomic E-state index is 4.38. The molecule has 0 aliphatic rings. The zero-order chi connectivity index (χ0) is 18.4. The molecule has 0 nitrogen and oxygen atoms in total. The van der Waals surface area contributed by atoms with Crippen LogP contribution in [0.25, 0.3) is 0 Å². The summed E-state index contributed by atoms with van der Waals surface area (Å²) < 4.78 is 0. The average molecular weight is 333 g/mol. The smallest absolute Gasteiger partial charge is 0.00669 e. The van der Waals surface area contributed by atoms with Crippen molar-refractivity contribution < 1.29 is 0 Å². The van der Waals surface area contributed by atoms with Crippen molar-refractivity contribution >= 4 is 0 Å². The van der Waals surface area contributed by atoms with Crippen molar-refractivity contribution in [2.24, 2.45) is 5.92 Å². The molecule has 0 aliphatic heterocycles. The number of aryl methyl sites for hydroxylation is 3. The third kappa shape index (κ3) is 5.74. The Hall–Kier alpha value is -2.08. The molecule has 1 unspecified atom stereocenters. The highest BCUT2D eigenvalue weighted by molar-refractivity contribution is 5.33. The van der Waals surface area contributed by atoms with Crippen molar-refractivity contribution in [2.45, 2.75) is 53.4 Å². The number of allylic oxidation sites excluding steroid dienone is 2. The van der Waals surface area contributed by atoms with E-state index in [2.05, 4.69) is 83.3 Å². The minimum absolute atomic E-state index is 0.463. The monoisotopic (exact) mass is 332 g/mol. The van der Waals surface area contributed by atoms with Crippen LogP contribution in [0, 0.1) is 19.8 Å². The van der Waals surface area contributed by atoms with Gasteiger partial charge in [0, 0.05) is 0 Å². The minimum Gasteiger partial charge on any atom is -0.0998 e. The van der Waals surface area contributed by atoms with Crippen molar-refractivity contribution in [1.82, 2.24) is 0 Å². The lowest BCUT2D eigenvalue weighted by atomic mass is 9.85. The molecule has 0 aliphatic carbocycles. The van der Waals surface area contributed by atoms with E-state index in [0.717, 1.165) is 25.7 Å². The topological polar surface area (TPSA) is 0 Å². The van der Waals surface area contributed by atoms with Crippen LogP contribution in [-0.4, -0.2) is 0 Å². The van der Waals surface area contributed by atoms with Gasteiger partial charge in [0.25, 0.3) is 0 Å². The highest BCUT2D eigenvalue weighted by Gasteiger charge is 2.13. The first-order valence-corrected chi connectivity index (χ1v) is 9.35. The Morgan fingerprint density at radius 3 is 2.40 bits per heavy atom. The summed E-state index contributed by atoms with van der Waals surface area (Å²) in [5.74, 6) is 0.463. The fourth-order valence-electron chi connectivity index (χ4n) is 3.36. The first-order chi connectivity index (χ1) is 11.9. The molecule has 25 heavy (non-hydrogen) atoms. The molecule has 0 fully saturated rings. The van der Waals surface area contributed by atoms with Gasteiger partial charge in [-0.3, -0.25) is 0 Å². The van der Waals surface area contributed by atoms with E-state index >= 15 is 0 Å². The Kier molecular flexibility index (Phi) is 6.82. The highest BCUT2D eigenvalue weighted by atomic mass is 14.2. The highest BCUT2D eigenvalue weighted by Crippen LogP contribution is 2.26. The SMILES string of the molecule is C=C(Cc1cc(C)ccc1C)CC(Cc1cccc(CC)c1)C(=C)C. The third-order valence-corrected chi connectivity index (χ3v) is 5.06. The summed E-state index contributed by atoms with van der Waals surface area (Å²) in [5, 5.41) is 0. The molecular formula is C25H32. The van der Waals surface area contributed by atoms with E-state index in [9.17, 15) is 0 Å². The van der Waals surface area contributed by atoms with Crippen LogP contribution in [-0.2, 0) is 19.3 Å². The molecule has 0 bridgehead atoms. The number of rotatable bonds is 8. The van der Waals surface area contributed by atoms with Crippen molar-refractivity contribution in [2.75, 3.05) is 0 Å². The summed E-state index contributed by atoms with van der Waals surface area (Å²) in [6, 6.07) is 15.6. The minimum atomic E-state index is 0.463. The second-order valence-electron chi connectivity index (χ2n) is 7.48. The second-order valence-corrected chi connectivity index (χ2v) is 7.48. The molecule has 0 spiro atoms. The van der Waals surface area contributed by atoms with Gasteiger partial charge in [-0.2, -0.15) is 0 Å². The van der Waals surface area contributed by atoms with Crippen LogP contribution in [0.15, 0.2) is 66.8 Å². The predicted molar refractivity (Wildman–Crippen MR) is 111 cm³/mol.